The van der Waals surface area contributed by atoms with Crippen molar-refractivity contribution >= 4 is 5.82 Å². The molecule has 0 unspecified atom stereocenters. The molecule has 3 rings (SSSR count). The zero-order valence-corrected chi connectivity index (χ0v) is 12.6. The van der Waals surface area contributed by atoms with Gasteiger partial charge in [-0.3, -0.25) is 0 Å². The number of hydrogen-bond acceptors (Lipinski definition) is 4. The van der Waals surface area contributed by atoms with E-state index in [1.54, 1.807) is 6.33 Å². The molecule has 0 saturated carbocycles. The molecule has 1 aliphatic heterocycles. The Kier molecular flexibility index (Phi) is 3.64. The van der Waals surface area contributed by atoms with Crippen LogP contribution in [0.1, 0.15) is 29.7 Å². The molecule has 2 aromatic rings. The molecule has 110 valence electrons. The van der Waals surface area contributed by atoms with Crippen molar-refractivity contribution in [1.82, 2.24) is 9.97 Å². The van der Waals surface area contributed by atoms with Crippen molar-refractivity contribution in [2.24, 2.45) is 0 Å². The molecule has 1 aromatic carbocycles. The Morgan fingerprint density at radius 2 is 1.71 bits per heavy atom. The van der Waals surface area contributed by atoms with Gasteiger partial charge in [0, 0.05) is 24.8 Å². The predicted molar refractivity (Wildman–Crippen MR) is 83.3 cm³/mol. The smallest absolute Gasteiger partial charge is 0.132 e. The van der Waals surface area contributed by atoms with Crippen LogP contribution in [0.15, 0.2) is 36.7 Å². The maximum Gasteiger partial charge on any atom is 0.132 e. The molecule has 1 aliphatic rings. The number of benzene rings is 1. The highest BCUT2D eigenvalue weighted by Gasteiger charge is 2.34. The summed E-state index contributed by atoms with van der Waals surface area (Å²) >= 11 is 0. The standard InChI is InChI=1S/C17H21N3O/c1-13-3-5-15(6-4-13)17(21)7-9-20(10-8-17)16-11-14(2)18-12-19-16/h3-6,11-12,21H,7-10H2,1-2H3. The number of rotatable bonds is 2. The number of aromatic nitrogens is 2. The van der Waals surface area contributed by atoms with E-state index < -0.39 is 5.60 Å². The third-order valence-electron chi connectivity index (χ3n) is 4.29. The van der Waals surface area contributed by atoms with Crippen LogP contribution in [0.5, 0.6) is 0 Å². The zero-order chi connectivity index (χ0) is 14.9. The highest BCUT2D eigenvalue weighted by molar-refractivity contribution is 5.40. The lowest BCUT2D eigenvalue weighted by Gasteiger charge is -2.39. The van der Waals surface area contributed by atoms with Crippen LogP contribution in [0.3, 0.4) is 0 Å². The lowest BCUT2D eigenvalue weighted by atomic mass is 9.84. The SMILES string of the molecule is Cc1ccc(C2(O)CCN(c3cc(C)ncn3)CC2)cc1. The number of aliphatic hydroxyl groups is 1. The summed E-state index contributed by atoms with van der Waals surface area (Å²) in [5.74, 6) is 0.952. The van der Waals surface area contributed by atoms with E-state index in [0.717, 1.165) is 43.0 Å². The fraction of sp³-hybridized carbons (Fsp3) is 0.412. The van der Waals surface area contributed by atoms with Crippen molar-refractivity contribution in [2.75, 3.05) is 18.0 Å². The molecule has 0 radical (unpaired) electrons. The van der Waals surface area contributed by atoms with Crippen molar-refractivity contribution < 1.29 is 5.11 Å². The van der Waals surface area contributed by atoms with Crippen LogP contribution in [0, 0.1) is 13.8 Å². The van der Waals surface area contributed by atoms with E-state index in [0.29, 0.717) is 0 Å². The summed E-state index contributed by atoms with van der Waals surface area (Å²) in [6.45, 7) is 5.65. The fourth-order valence-electron chi connectivity index (χ4n) is 2.87. The maximum atomic E-state index is 10.9. The van der Waals surface area contributed by atoms with E-state index in [-0.39, 0.29) is 0 Å². The molecule has 21 heavy (non-hydrogen) atoms. The fourth-order valence-corrected chi connectivity index (χ4v) is 2.87. The lowest BCUT2D eigenvalue weighted by Crippen LogP contribution is -2.43. The van der Waals surface area contributed by atoms with Crippen molar-refractivity contribution in [3.05, 3.63) is 53.5 Å². The number of aryl methyl sites for hydroxylation is 2. The molecule has 0 bridgehead atoms. The average molecular weight is 283 g/mol. The number of piperidine rings is 1. The minimum Gasteiger partial charge on any atom is -0.385 e. The van der Waals surface area contributed by atoms with Gasteiger partial charge in [0.25, 0.3) is 0 Å². The molecular formula is C17H21N3O. The van der Waals surface area contributed by atoms with E-state index in [1.165, 1.54) is 5.56 Å². The summed E-state index contributed by atoms with van der Waals surface area (Å²) < 4.78 is 0. The summed E-state index contributed by atoms with van der Waals surface area (Å²) in [6.07, 6.45) is 3.05. The molecule has 0 atom stereocenters. The largest absolute Gasteiger partial charge is 0.385 e. The summed E-state index contributed by atoms with van der Waals surface area (Å²) in [6, 6.07) is 10.2. The topological polar surface area (TPSA) is 49.2 Å². The first-order chi connectivity index (χ1) is 10.1. The van der Waals surface area contributed by atoms with Gasteiger partial charge in [-0.25, -0.2) is 9.97 Å². The maximum absolute atomic E-state index is 10.9. The molecule has 0 amide bonds. The Bertz CT molecular complexity index is 616. The molecule has 4 heteroatoms. The van der Waals surface area contributed by atoms with Gasteiger partial charge in [0.05, 0.1) is 5.60 Å². The van der Waals surface area contributed by atoms with Gasteiger partial charge in [-0.1, -0.05) is 29.8 Å². The molecule has 4 nitrogen and oxygen atoms in total. The number of hydrogen-bond donors (Lipinski definition) is 1. The highest BCUT2D eigenvalue weighted by Crippen LogP contribution is 2.34. The van der Waals surface area contributed by atoms with Crippen LogP contribution in [0.4, 0.5) is 5.82 Å². The van der Waals surface area contributed by atoms with Gasteiger partial charge in [-0.05, 0) is 32.3 Å². The third kappa shape index (κ3) is 2.90. The van der Waals surface area contributed by atoms with Crippen molar-refractivity contribution in [1.29, 1.82) is 0 Å². The molecule has 1 N–H and O–H groups in total. The highest BCUT2D eigenvalue weighted by atomic mass is 16.3. The minimum absolute atomic E-state index is 0.716. The normalized spacial score (nSPS) is 17.8. The number of nitrogens with zero attached hydrogens (tertiary/aromatic N) is 3. The van der Waals surface area contributed by atoms with Crippen LogP contribution in [-0.2, 0) is 5.60 Å². The van der Waals surface area contributed by atoms with E-state index in [2.05, 4.69) is 33.9 Å². The Labute approximate surface area is 125 Å². The van der Waals surface area contributed by atoms with Gasteiger partial charge in [-0.2, -0.15) is 0 Å². The molecule has 2 heterocycles. The van der Waals surface area contributed by atoms with Crippen LogP contribution in [-0.4, -0.2) is 28.2 Å². The van der Waals surface area contributed by atoms with E-state index in [9.17, 15) is 5.11 Å². The summed E-state index contributed by atoms with van der Waals surface area (Å²) in [4.78, 5) is 10.7. The van der Waals surface area contributed by atoms with E-state index >= 15 is 0 Å². The Morgan fingerprint density at radius 1 is 1.05 bits per heavy atom. The van der Waals surface area contributed by atoms with Gasteiger partial charge in [0.1, 0.15) is 12.1 Å². The van der Waals surface area contributed by atoms with E-state index in [1.807, 2.05) is 25.1 Å². The second-order valence-electron chi connectivity index (χ2n) is 5.90. The Balaban J connectivity index is 1.73. The van der Waals surface area contributed by atoms with Crippen LogP contribution in [0.2, 0.25) is 0 Å². The third-order valence-corrected chi connectivity index (χ3v) is 4.29. The summed E-state index contributed by atoms with van der Waals surface area (Å²) in [5.41, 5.74) is 2.49. The molecule has 1 fully saturated rings. The first kappa shape index (κ1) is 14.0. The predicted octanol–water partition coefficient (Wildman–Crippen LogP) is 2.58. The zero-order valence-electron chi connectivity index (χ0n) is 12.6. The quantitative estimate of drug-likeness (QED) is 0.920. The molecule has 0 spiro atoms. The van der Waals surface area contributed by atoms with Crippen LogP contribution in [0.25, 0.3) is 0 Å². The van der Waals surface area contributed by atoms with Gasteiger partial charge in [0.15, 0.2) is 0 Å². The summed E-state index contributed by atoms with van der Waals surface area (Å²) in [5, 5.41) is 10.9. The molecule has 1 aromatic heterocycles. The lowest BCUT2D eigenvalue weighted by molar-refractivity contribution is 0.0116. The molecule has 1 saturated heterocycles. The minimum atomic E-state index is -0.716. The van der Waals surface area contributed by atoms with Gasteiger partial charge >= 0.3 is 0 Å². The Hall–Kier alpha value is -1.94. The van der Waals surface area contributed by atoms with Gasteiger partial charge in [0.2, 0.25) is 0 Å². The second kappa shape index (κ2) is 5.45. The molecule has 0 aliphatic carbocycles. The van der Waals surface area contributed by atoms with E-state index in [4.69, 9.17) is 0 Å². The first-order valence-electron chi connectivity index (χ1n) is 7.40. The number of anilines is 1. The second-order valence-corrected chi connectivity index (χ2v) is 5.90. The monoisotopic (exact) mass is 283 g/mol. The van der Waals surface area contributed by atoms with Crippen molar-refractivity contribution in [3.63, 3.8) is 0 Å². The average Bonchev–Trinajstić information content (AvgIpc) is 2.48. The Morgan fingerprint density at radius 3 is 2.33 bits per heavy atom. The summed E-state index contributed by atoms with van der Waals surface area (Å²) in [7, 11) is 0. The van der Waals surface area contributed by atoms with Gasteiger partial charge in [-0.15, -0.1) is 0 Å². The van der Waals surface area contributed by atoms with Crippen LogP contribution >= 0.6 is 0 Å². The molecular weight excluding hydrogens is 262 g/mol. The van der Waals surface area contributed by atoms with Crippen molar-refractivity contribution in [3.8, 4) is 0 Å². The van der Waals surface area contributed by atoms with Crippen molar-refractivity contribution in [2.45, 2.75) is 32.3 Å². The first-order valence-corrected chi connectivity index (χ1v) is 7.40. The van der Waals surface area contributed by atoms with Crippen LogP contribution < -0.4 is 4.90 Å². The van der Waals surface area contributed by atoms with Gasteiger partial charge < -0.3 is 10.0 Å².